The largest absolute Gasteiger partial charge is 0.409 e. The Balaban J connectivity index is 3.64. The number of hydrogen-bond donors (Lipinski definition) is 4. The van der Waals surface area contributed by atoms with Gasteiger partial charge in [-0.2, -0.15) is 0 Å². The van der Waals surface area contributed by atoms with Gasteiger partial charge in [0.2, 0.25) is 0 Å². The number of nitrogens with two attached hydrogens (primary N) is 1. The van der Waals surface area contributed by atoms with Gasteiger partial charge in [-0.1, -0.05) is 5.16 Å². The first kappa shape index (κ1) is 10.8. The second-order valence-electron chi connectivity index (χ2n) is 3.05. The van der Waals surface area contributed by atoms with Crippen molar-refractivity contribution in [2.45, 2.75) is 19.4 Å². The topological polar surface area (TPSA) is 90.9 Å². The van der Waals surface area contributed by atoms with Crippen LogP contribution in [0.15, 0.2) is 17.4 Å². The van der Waals surface area contributed by atoms with E-state index in [4.69, 9.17) is 10.9 Å². The molecule has 12 heavy (non-hydrogen) atoms. The van der Waals surface area contributed by atoms with E-state index >= 15 is 0 Å². The number of rotatable bonds is 4. The molecule has 0 unspecified atom stereocenters. The Labute approximate surface area is 71.6 Å². The third-order valence-electron chi connectivity index (χ3n) is 1.02. The van der Waals surface area contributed by atoms with Crippen LogP contribution in [0.2, 0.25) is 0 Å². The minimum atomic E-state index is -0.768. The van der Waals surface area contributed by atoms with Gasteiger partial charge < -0.3 is 21.4 Å². The molecule has 0 aliphatic carbocycles. The van der Waals surface area contributed by atoms with Crippen LogP contribution in [0, 0.1) is 0 Å². The third-order valence-corrected chi connectivity index (χ3v) is 1.02. The Kier molecular flexibility index (Phi) is 4.14. The van der Waals surface area contributed by atoms with Crippen molar-refractivity contribution in [1.82, 2.24) is 5.32 Å². The summed E-state index contributed by atoms with van der Waals surface area (Å²) < 4.78 is 0. The second-order valence-corrected chi connectivity index (χ2v) is 3.05. The lowest BCUT2D eigenvalue weighted by molar-refractivity contribution is 0.0835. The lowest BCUT2D eigenvalue weighted by Gasteiger charge is -2.16. The Morgan fingerprint density at radius 3 is 2.67 bits per heavy atom. The van der Waals surface area contributed by atoms with Gasteiger partial charge in [-0.05, 0) is 19.9 Å². The monoisotopic (exact) mass is 173 g/mol. The summed E-state index contributed by atoms with van der Waals surface area (Å²) >= 11 is 0. The van der Waals surface area contributed by atoms with Crippen molar-refractivity contribution in [3.8, 4) is 0 Å². The smallest absolute Gasteiger partial charge is 0.164 e. The van der Waals surface area contributed by atoms with E-state index in [1.165, 1.54) is 12.3 Å². The van der Waals surface area contributed by atoms with Crippen LogP contribution < -0.4 is 11.1 Å². The molecule has 0 saturated carbocycles. The van der Waals surface area contributed by atoms with E-state index in [1.807, 2.05) is 0 Å². The molecule has 5 heteroatoms. The first-order valence-electron chi connectivity index (χ1n) is 3.55. The fourth-order valence-corrected chi connectivity index (χ4v) is 0.486. The molecule has 0 rings (SSSR count). The third kappa shape index (κ3) is 6.88. The summed E-state index contributed by atoms with van der Waals surface area (Å²) in [6.45, 7) is 3.76. The van der Waals surface area contributed by atoms with Crippen molar-refractivity contribution in [1.29, 1.82) is 0 Å². The number of hydrogen-bond acceptors (Lipinski definition) is 4. The fourth-order valence-electron chi connectivity index (χ4n) is 0.486. The summed E-state index contributed by atoms with van der Waals surface area (Å²) in [4.78, 5) is 0. The van der Waals surface area contributed by atoms with E-state index in [0.717, 1.165) is 0 Å². The van der Waals surface area contributed by atoms with Crippen LogP contribution in [0.3, 0.4) is 0 Å². The molecule has 0 saturated heterocycles. The Morgan fingerprint density at radius 2 is 2.25 bits per heavy atom. The van der Waals surface area contributed by atoms with Crippen molar-refractivity contribution in [2.75, 3.05) is 6.54 Å². The number of nitrogens with one attached hydrogen (secondary N) is 1. The Bertz CT molecular complexity index is 182. The number of amidine groups is 1. The zero-order valence-corrected chi connectivity index (χ0v) is 7.28. The van der Waals surface area contributed by atoms with Gasteiger partial charge in [0.05, 0.1) is 5.60 Å². The minimum Gasteiger partial charge on any atom is -0.409 e. The molecule has 5 N–H and O–H groups in total. The summed E-state index contributed by atoms with van der Waals surface area (Å²) in [5.74, 6) is 0.0123. The van der Waals surface area contributed by atoms with E-state index in [0.29, 0.717) is 6.54 Å². The summed E-state index contributed by atoms with van der Waals surface area (Å²) in [7, 11) is 0. The van der Waals surface area contributed by atoms with Gasteiger partial charge in [0.15, 0.2) is 5.84 Å². The van der Waals surface area contributed by atoms with Gasteiger partial charge in [-0.3, -0.25) is 0 Å². The van der Waals surface area contributed by atoms with Gasteiger partial charge >= 0.3 is 0 Å². The van der Waals surface area contributed by atoms with E-state index in [-0.39, 0.29) is 5.84 Å². The lowest BCUT2D eigenvalue weighted by Crippen LogP contribution is -2.32. The molecule has 0 radical (unpaired) electrons. The maximum atomic E-state index is 9.23. The quantitative estimate of drug-likeness (QED) is 0.202. The standard InChI is InChI=1S/C7H15N3O2/c1-7(2,11)5-9-4-3-6(8)10-12/h3-4,9,11-12H,5H2,1-2H3,(H2,8,10)/b4-3-. The van der Waals surface area contributed by atoms with Gasteiger partial charge in [0.25, 0.3) is 0 Å². The zero-order valence-electron chi connectivity index (χ0n) is 7.28. The van der Waals surface area contributed by atoms with Crippen LogP contribution in [0.25, 0.3) is 0 Å². The highest BCUT2D eigenvalue weighted by Crippen LogP contribution is 1.96. The predicted molar refractivity (Wildman–Crippen MR) is 46.8 cm³/mol. The SMILES string of the molecule is CC(C)(O)CN/C=C\C(N)=NO. The van der Waals surface area contributed by atoms with E-state index < -0.39 is 5.60 Å². The first-order chi connectivity index (χ1) is 5.45. The molecular weight excluding hydrogens is 158 g/mol. The Hall–Kier alpha value is -1.23. The fraction of sp³-hybridized carbons (Fsp3) is 0.571. The van der Waals surface area contributed by atoms with Crippen LogP contribution in [-0.2, 0) is 0 Å². The summed E-state index contributed by atoms with van der Waals surface area (Å²) in [5.41, 5.74) is 4.37. The summed E-state index contributed by atoms with van der Waals surface area (Å²) in [6, 6.07) is 0. The van der Waals surface area contributed by atoms with Gasteiger partial charge in [-0.15, -0.1) is 0 Å². The van der Waals surface area contributed by atoms with Crippen molar-refractivity contribution < 1.29 is 10.3 Å². The predicted octanol–water partition coefficient (Wildman–Crippen LogP) is -0.393. The second kappa shape index (κ2) is 4.61. The molecule has 0 fully saturated rings. The average Bonchev–Trinajstić information content (AvgIpc) is 1.96. The van der Waals surface area contributed by atoms with Crippen molar-refractivity contribution in [2.24, 2.45) is 10.9 Å². The highest BCUT2D eigenvalue weighted by Gasteiger charge is 2.09. The molecular formula is C7H15N3O2. The molecule has 0 aliphatic heterocycles. The molecule has 0 heterocycles. The van der Waals surface area contributed by atoms with Crippen LogP contribution in [0.5, 0.6) is 0 Å². The van der Waals surface area contributed by atoms with Crippen LogP contribution >= 0.6 is 0 Å². The molecule has 0 aliphatic rings. The van der Waals surface area contributed by atoms with Crippen LogP contribution in [0.1, 0.15) is 13.8 Å². The first-order valence-corrected chi connectivity index (χ1v) is 3.55. The van der Waals surface area contributed by atoms with Crippen molar-refractivity contribution in [3.63, 3.8) is 0 Å². The van der Waals surface area contributed by atoms with Crippen molar-refractivity contribution in [3.05, 3.63) is 12.3 Å². The van der Waals surface area contributed by atoms with Crippen molar-refractivity contribution >= 4 is 5.84 Å². The van der Waals surface area contributed by atoms with E-state index in [1.54, 1.807) is 13.8 Å². The normalized spacial score (nSPS) is 13.8. The Morgan fingerprint density at radius 1 is 1.67 bits per heavy atom. The van der Waals surface area contributed by atoms with Crippen LogP contribution in [0.4, 0.5) is 0 Å². The molecule has 5 nitrogen and oxygen atoms in total. The molecule has 0 aromatic carbocycles. The van der Waals surface area contributed by atoms with Gasteiger partial charge in [0, 0.05) is 12.7 Å². The molecule has 0 spiro atoms. The van der Waals surface area contributed by atoms with Gasteiger partial charge in [0.1, 0.15) is 0 Å². The maximum absolute atomic E-state index is 9.23. The lowest BCUT2D eigenvalue weighted by atomic mass is 10.1. The van der Waals surface area contributed by atoms with Gasteiger partial charge in [-0.25, -0.2) is 0 Å². The molecule has 0 bridgehead atoms. The number of oxime groups is 1. The molecule has 0 aromatic heterocycles. The molecule has 0 amide bonds. The summed E-state index contributed by atoms with van der Waals surface area (Å²) in [6.07, 6.45) is 2.90. The maximum Gasteiger partial charge on any atom is 0.164 e. The zero-order chi connectivity index (χ0) is 9.61. The average molecular weight is 173 g/mol. The highest BCUT2D eigenvalue weighted by molar-refractivity contribution is 5.90. The summed E-state index contributed by atoms with van der Waals surface area (Å²) in [5, 5.41) is 22.9. The van der Waals surface area contributed by atoms with E-state index in [9.17, 15) is 5.11 Å². The minimum absolute atomic E-state index is 0.0123. The molecule has 0 aromatic rings. The molecule has 0 atom stereocenters. The highest BCUT2D eigenvalue weighted by atomic mass is 16.4. The number of aliphatic hydroxyl groups is 1. The number of nitrogens with zero attached hydrogens (tertiary/aromatic N) is 1. The molecule has 70 valence electrons. The van der Waals surface area contributed by atoms with E-state index in [2.05, 4.69) is 10.5 Å². The van der Waals surface area contributed by atoms with Crippen LogP contribution in [-0.4, -0.2) is 28.3 Å².